The number of rotatable bonds is 4. The molecule has 92 valence electrons. The molecule has 17 heavy (non-hydrogen) atoms. The van der Waals surface area contributed by atoms with Crippen LogP contribution < -0.4 is 10.6 Å². The van der Waals surface area contributed by atoms with Gasteiger partial charge >= 0.3 is 0 Å². The lowest BCUT2D eigenvalue weighted by molar-refractivity contribution is -0.115. The Morgan fingerprint density at radius 3 is 2.82 bits per heavy atom. The molecule has 0 saturated carbocycles. The van der Waals surface area contributed by atoms with Gasteiger partial charge in [-0.3, -0.25) is 4.79 Å². The predicted molar refractivity (Wildman–Crippen MR) is 68.3 cm³/mol. The molecule has 4 heteroatoms. The summed E-state index contributed by atoms with van der Waals surface area (Å²) in [6.07, 6.45) is 0.493. The molecule has 1 saturated heterocycles. The first-order valence-corrected chi connectivity index (χ1v) is 5.94. The normalized spacial score (nSPS) is 15.2. The Bertz CT molecular complexity index is 414. The molecule has 2 N–H and O–H groups in total. The summed E-state index contributed by atoms with van der Waals surface area (Å²) in [7, 11) is 0. The van der Waals surface area contributed by atoms with Crippen LogP contribution >= 0.6 is 0 Å². The van der Waals surface area contributed by atoms with Gasteiger partial charge in [-0.1, -0.05) is 13.0 Å². The number of amides is 1. The first-order valence-electron chi connectivity index (χ1n) is 5.94. The molecule has 0 bridgehead atoms. The van der Waals surface area contributed by atoms with Gasteiger partial charge in [0.15, 0.2) is 0 Å². The van der Waals surface area contributed by atoms with E-state index in [0.717, 1.165) is 24.6 Å². The molecule has 1 aliphatic rings. The van der Waals surface area contributed by atoms with Gasteiger partial charge < -0.3 is 15.4 Å². The molecular formula is C13H18N2O2. The highest BCUT2D eigenvalue weighted by Crippen LogP contribution is 2.22. The highest BCUT2D eigenvalue weighted by molar-refractivity contribution is 5.91. The van der Waals surface area contributed by atoms with Crippen molar-refractivity contribution in [3.63, 3.8) is 0 Å². The first kappa shape index (κ1) is 11.9. The summed E-state index contributed by atoms with van der Waals surface area (Å²) in [6.45, 7) is 5.40. The van der Waals surface area contributed by atoms with Crippen LogP contribution in [0.15, 0.2) is 18.2 Å². The van der Waals surface area contributed by atoms with Crippen molar-refractivity contribution in [2.75, 3.05) is 23.8 Å². The molecule has 1 aliphatic heterocycles. The van der Waals surface area contributed by atoms with Gasteiger partial charge in [0.2, 0.25) is 5.91 Å². The Morgan fingerprint density at radius 1 is 1.47 bits per heavy atom. The van der Waals surface area contributed by atoms with Crippen molar-refractivity contribution in [1.29, 1.82) is 0 Å². The Labute approximate surface area is 101 Å². The van der Waals surface area contributed by atoms with E-state index in [2.05, 4.69) is 10.6 Å². The fraction of sp³-hybridized carbons (Fsp3) is 0.462. The summed E-state index contributed by atoms with van der Waals surface area (Å²) in [5, 5.41) is 6.26. The SMILES string of the molecule is CCC(=O)Nc1ccc(C)c(NC2COC2)c1. The van der Waals surface area contributed by atoms with Gasteiger partial charge in [0.25, 0.3) is 0 Å². The minimum atomic E-state index is 0.0341. The van der Waals surface area contributed by atoms with Crippen molar-refractivity contribution in [3.8, 4) is 0 Å². The quantitative estimate of drug-likeness (QED) is 0.839. The zero-order valence-corrected chi connectivity index (χ0v) is 10.2. The molecule has 1 aromatic rings. The lowest BCUT2D eigenvalue weighted by Gasteiger charge is -2.28. The van der Waals surface area contributed by atoms with Crippen molar-refractivity contribution in [1.82, 2.24) is 0 Å². The lowest BCUT2D eigenvalue weighted by atomic mass is 10.1. The zero-order valence-electron chi connectivity index (χ0n) is 10.2. The van der Waals surface area contributed by atoms with E-state index in [1.54, 1.807) is 0 Å². The van der Waals surface area contributed by atoms with Crippen molar-refractivity contribution >= 4 is 17.3 Å². The number of aryl methyl sites for hydroxylation is 1. The second-order valence-electron chi connectivity index (χ2n) is 4.31. The van der Waals surface area contributed by atoms with E-state index in [0.29, 0.717) is 12.5 Å². The number of carbonyl (C=O) groups excluding carboxylic acids is 1. The van der Waals surface area contributed by atoms with Crippen LogP contribution in [0, 0.1) is 6.92 Å². The van der Waals surface area contributed by atoms with Gasteiger partial charge in [0.1, 0.15) is 0 Å². The van der Waals surface area contributed by atoms with E-state index in [1.807, 2.05) is 32.0 Å². The smallest absolute Gasteiger partial charge is 0.224 e. The first-order chi connectivity index (χ1) is 8.19. The van der Waals surface area contributed by atoms with Gasteiger partial charge in [-0.05, 0) is 24.6 Å². The van der Waals surface area contributed by atoms with E-state index in [4.69, 9.17) is 4.74 Å². The average molecular weight is 234 g/mol. The minimum Gasteiger partial charge on any atom is -0.377 e. The molecule has 0 aromatic heterocycles. The van der Waals surface area contributed by atoms with Crippen molar-refractivity contribution in [3.05, 3.63) is 23.8 Å². The molecule has 0 atom stereocenters. The van der Waals surface area contributed by atoms with Gasteiger partial charge in [-0.25, -0.2) is 0 Å². The van der Waals surface area contributed by atoms with Gasteiger partial charge in [-0.2, -0.15) is 0 Å². The fourth-order valence-corrected chi connectivity index (χ4v) is 1.64. The molecule has 0 radical (unpaired) electrons. The molecule has 1 heterocycles. The second kappa shape index (κ2) is 5.19. The number of hydrogen-bond acceptors (Lipinski definition) is 3. The predicted octanol–water partition coefficient (Wildman–Crippen LogP) is 2.15. The number of benzene rings is 1. The van der Waals surface area contributed by atoms with Crippen LogP contribution in [0.5, 0.6) is 0 Å². The standard InChI is InChI=1S/C13H18N2O2/c1-3-13(16)15-10-5-4-9(2)12(6-10)14-11-7-17-8-11/h4-6,11,14H,3,7-8H2,1-2H3,(H,15,16). The maximum Gasteiger partial charge on any atom is 0.224 e. The maximum atomic E-state index is 11.3. The van der Waals surface area contributed by atoms with Crippen molar-refractivity contribution in [2.24, 2.45) is 0 Å². The summed E-state index contributed by atoms with van der Waals surface area (Å²) in [5.41, 5.74) is 3.07. The van der Waals surface area contributed by atoms with E-state index in [9.17, 15) is 4.79 Å². The number of ether oxygens (including phenoxy) is 1. The highest BCUT2D eigenvalue weighted by atomic mass is 16.5. The molecule has 0 unspecified atom stereocenters. The molecule has 1 aromatic carbocycles. The van der Waals surface area contributed by atoms with E-state index in [1.165, 1.54) is 5.56 Å². The molecule has 0 spiro atoms. The maximum absolute atomic E-state index is 11.3. The Hall–Kier alpha value is -1.55. The van der Waals surface area contributed by atoms with Crippen LogP contribution in [0.25, 0.3) is 0 Å². The van der Waals surface area contributed by atoms with Crippen LogP contribution in [-0.2, 0) is 9.53 Å². The largest absolute Gasteiger partial charge is 0.377 e. The number of hydrogen-bond donors (Lipinski definition) is 2. The topological polar surface area (TPSA) is 50.4 Å². The van der Waals surface area contributed by atoms with Crippen molar-refractivity contribution in [2.45, 2.75) is 26.3 Å². The number of anilines is 2. The summed E-state index contributed by atoms with van der Waals surface area (Å²) in [6, 6.07) is 6.30. The lowest BCUT2D eigenvalue weighted by Crippen LogP contribution is -2.40. The van der Waals surface area contributed by atoms with Crippen LogP contribution in [0.1, 0.15) is 18.9 Å². The Balaban J connectivity index is 2.07. The average Bonchev–Trinajstić information content (AvgIpc) is 2.27. The monoisotopic (exact) mass is 234 g/mol. The molecule has 2 rings (SSSR count). The number of carbonyl (C=O) groups is 1. The van der Waals surface area contributed by atoms with Gasteiger partial charge in [0, 0.05) is 17.8 Å². The third-order valence-corrected chi connectivity index (χ3v) is 2.84. The third-order valence-electron chi connectivity index (χ3n) is 2.84. The fourth-order valence-electron chi connectivity index (χ4n) is 1.64. The van der Waals surface area contributed by atoms with E-state index < -0.39 is 0 Å². The summed E-state index contributed by atoms with van der Waals surface area (Å²) >= 11 is 0. The van der Waals surface area contributed by atoms with Crippen LogP contribution in [0.2, 0.25) is 0 Å². The molecule has 0 aliphatic carbocycles. The van der Waals surface area contributed by atoms with Crippen LogP contribution in [-0.4, -0.2) is 25.2 Å². The van der Waals surface area contributed by atoms with Gasteiger partial charge in [0.05, 0.1) is 19.3 Å². The van der Waals surface area contributed by atoms with E-state index in [-0.39, 0.29) is 5.91 Å². The minimum absolute atomic E-state index is 0.0341. The Kier molecular flexibility index (Phi) is 3.64. The second-order valence-corrected chi connectivity index (χ2v) is 4.31. The summed E-state index contributed by atoms with van der Waals surface area (Å²) in [5.74, 6) is 0.0341. The molecular weight excluding hydrogens is 216 g/mol. The highest BCUT2D eigenvalue weighted by Gasteiger charge is 2.18. The van der Waals surface area contributed by atoms with E-state index >= 15 is 0 Å². The molecule has 1 fully saturated rings. The summed E-state index contributed by atoms with van der Waals surface area (Å²) in [4.78, 5) is 11.3. The Morgan fingerprint density at radius 2 is 2.24 bits per heavy atom. The van der Waals surface area contributed by atoms with Crippen LogP contribution in [0.4, 0.5) is 11.4 Å². The van der Waals surface area contributed by atoms with Gasteiger partial charge in [-0.15, -0.1) is 0 Å². The molecule has 1 amide bonds. The molecule has 4 nitrogen and oxygen atoms in total. The third kappa shape index (κ3) is 2.97. The number of nitrogens with one attached hydrogen (secondary N) is 2. The summed E-state index contributed by atoms with van der Waals surface area (Å²) < 4.78 is 5.13. The van der Waals surface area contributed by atoms with Crippen molar-refractivity contribution < 1.29 is 9.53 Å². The van der Waals surface area contributed by atoms with Crippen LogP contribution in [0.3, 0.4) is 0 Å². The zero-order chi connectivity index (χ0) is 12.3.